The zero-order valence-corrected chi connectivity index (χ0v) is 10.7. The van der Waals surface area contributed by atoms with Crippen LogP contribution in [0.25, 0.3) is 0 Å². The largest absolute Gasteiger partial charge is 0.480 e. The molecule has 1 rings (SSSR count). The van der Waals surface area contributed by atoms with Crippen LogP contribution in [0, 0.1) is 0 Å². The summed E-state index contributed by atoms with van der Waals surface area (Å²) in [5, 5.41) is 17.9. The summed E-state index contributed by atoms with van der Waals surface area (Å²) in [6, 6.07) is -1.47. The van der Waals surface area contributed by atoms with Gasteiger partial charge in [0.15, 0.2) is 0 Å². The SMILES string of the molecule is CN(C)S(=O)(=O)N1C[C@@](N)(C(=O)O)C[C@H]1C(=O)O. The summed E-state index contributed by atoms with van der Waals surface area (Å²) in [7, 11) is -1.58. The maximum atomic E-state index is 11.9. The number of carboxylic acids is 2. The fourth-order valence-electron chi connectivity index (χ4n) is 1.72. The Labute approximate surface area is 104 Å². The van der Waals surface area contributed by atoms with Crippen molar-refractivity contribution in [2.45, 2.75) is 18.0 Å². The zero-order chi connectivity index (χ0) is 14.3. The van der Waals surface area contributed by atoms with Crippen LogP contribution in [0.4, 0.5) is 0 Å². The van der Waals surface area contributed by atoms with Gasteiger partial charge in [0.05, 0.1) is 0 Å². The molecule has 9 nitrogen and oxygen atoms in total. The average Bonchev–Trinajstić information content (AvgIpc) is 2.58. The van der Waals surface area contributed by atoms with E-state index < -0.39 is 46.7 Å². The molecule has 0 amide bonds. The monoisotopic (exact) mass is 281 g/mol. The topological polar surface area (TPSA) is 141 Å². The molecule has 104 valence electrons. The summed E-state index contributed by atoms with van der Waals surface area (Å²) in [5.41, 5.74) is 3.65. The van der Waals surface area contributed by atoms with E-state index in [9.17, 15) is 18.0 Å². The fraction of sp³-hybridized carbons (Fsp3) is 0.750. The summed E-state index contributed by atoms with van der Waals surface area (Å²) in [5.74, 6) is -2.85. The lowest BCUT2D eigenvalue weighted by atomic mass is 9.98. The van der Waals surface area contributed by atoms with Gasteiger partial charge >= 0.3 is 11.9 Å². The molecule has 18 heavy (non-hydrogen) atoms. The second-order valence-corrected chi connectivity index (χ2v) is 6.45. The van der Waals surface area contributed by atoms with Gasteiger partial charge in [-0.05, 0) is 0 Å². The van der Waals surface area contributed by atoms with E-state index in [1.165, 1.54) is 14.1 Å². The first-order valence-electron chi connectivity index (χ1n) is 4.97. The number of carbonyl (C=O) groups is 2. The Morgan fingerprint density at radius 3 is 2.22 bits per heavy atom. The van der Waals surface area contributed by atoms with E-state index in [0.717, 1.165) is 4.31 Å². The highest BCUT2D eigenvalue weighted by Gasteiger charge is 2.54. The van der Waals surface area contributed by atoms with Gasteiger partial charge in [-0.2, -0.15) is 17.0 Å². The zero-order valence-electron chi connectivity index (χ0n) is 9.90. The summed E-state index contributed by atoms with van der Waals surface area (Å²) in [4.78, 5) is 22.0. The minimum absolute atomic E-state index is 0.468. The molecule has 1 aliphatic rings. The number of nitrogens with two attached hydrogens (primary N) is 1. The van der Waals surface area contributed by atoms with Gasteiger partial charge in [-0.1, -0.05) is 0 Å². The molecular formula is C8H15N3O6S. The smallest absolute Gasteiger partial charge is 0.325 e. The van der Waals surface area contributed by atoms with E-state index in [1.54, 1.807) is 0 Å². The van der Waals surface area contributed by atoms with Crippen molar-refractivity contribution in [1.29, 1.82) is 0 Å². The van der Waals surface area contributed by atoms with Crippen molar-refractivity contribution in [3.05, 3.63) is 0 Å². The van der Waals surface area contributed by atoms with Crippen LogP contribution < -0.4 is 5.73 Å². The average molecular weight is 281 g/mol. The van der Waals surface area contributed by atoms with Crippen LogP contribution in [0.3, 0.4) is 0 Å². The molecule has 10 heteroatoms. The minimum Gasteiger partial charge on any atom is -0.480 e. The Balaban J connectivity index is 3.19. The molecule has 1 fully saturated rings. The quantitative estimate of drug-likeness (QED) is 0.527. The lowest BCUT2D eigenvalue weighted by Crippen LogP contribution is -2.51. The molecule has 0 saturated carbocycles. The van der Waals surface area contributed by atoms with E-state index in [1.807, 2.05) is 0 Å². The number of hydrogen-bond acceptors (Lipinski definition) is 5. The molecule has 0 aromatic carbocycles. The molecule has 2 atom stereocenters. The van der Waals surface area contributed by atoms with Crippen molar-refractivity contribution in [3.8, 4) is 0 Å². The molecule has 0 bridgehead atoms. The van der Waals surface area contributed by atoms with Crippen molar-refractivity contribution in [1.82, 2.24) is 8.61 Å². The predicted octanol–water partition coefficient (Wildman–Crippen LogP) is -2.27. The van der Waals surface area contributed by atoms with Crippen LogP contribution in [-0.4, -0.2) is 71.4 Å². The first-order valence-corrected chi connectivity index (χ1v) is 6.36. The summed E-state index contributed by atoms with van der Waals surface area (Å²) >= 11 is 0. The number of carboxylic acid groups (broad SMARTS) is 2. The molecule has 1 heterocycles. The highest BCUT2D eigenvalue weighted by atomic mass is 32.2. The third kappa shape index (κ3) is 2.32. The number of nitrogens with zero attached hydrogens (tertiary/aromatic N) is 2. The summed E-state index contributed by atoms with van der Waals surface area (Å²) in [6.45, 7) is -0.570. The van der Waals surface area contributed by atoms with Crippen LogP contribution in [0.15, 0.2) is 0 Å². The first kappa shape index (κ1) is 14.8. The molecule has 4 N–H and O–H groups in total. The summed E-state index contributed by atoms with van der Waals surface area (Å²) < 4.78 is 25.2. The van der Waals surface area contributed by atoms with Gasteiger partial charge in [-0.3, -0.25) is 9.59 Å². The highest BCUT2D eigenvalue weighted by Crippen LogP contribution is 2.29. The maximum absolute atomic E-state index is 11.9. The third-order valence-electron chi connectivity index (χ3n) is 2.81. The van der Waals surface area contributed by atoms with Crippen LogP contribution >= 0.6 is 0 Å². The number of aliphatic carboxylic acids is 2. The Kier molecular flexibility index (Phi) is 3.68. The van der Waals surface area contributed by atoms with Crippen molar-refractivity contribution in [3.63, 3.8) is 0 Å². The van der Waals surface area contributed by atoms with E-state index in [4.69, 9.17) is 15.9 Å². The van der Waals surface area contributed by atoms with Crippen molar-refractivity contribution in [2.75, 3.05) is 20.6 Å². The van der Waals surface area contributed by atoms with E-state index in [2.05, 4.69) is 0 Å². The maximum Gasteiger partial charge on any atom is 0.325 e. The second kappa shape index (κ2) is 4.46. The van der Waals surface area contributed by atoms with Gasteiger partial charge in [-0.25, -0.2) is 0 Å². The van der Waals surface area contributed by atoms with Crippen LogP contribution in [0.2, 0.25) is 0 Å². The van der Waals surface area contributed by atoms with Gasteiger partial charge in [0.1, 0.15) is 11.6 Å². The van der Waals surface area contributed by atoms with Gasteiger partial charge in [0.25, 0.3) is 10.2 Å². The van der Waals surface area contributed by atoms with Crippen molar-refractivity contribution >= 4 is 22.1 Å². The molecule has 1 saturated heterocycles. The molecule has 0 unspecified atom stereocenters. The first-order chi connectivity index (χ1) is 8.02. The lowest BCUT2D eigenvalue weighted by Gasteiger charge is -2.24. The Morgan fingerprint density at radius 1 is 1.39 bits per heavy atom. The number of hydrogen-bond donors (Lipinski definition) is 3. The molecule has 0 aromatic rings. The van der Waals surface area contributed by atoms with Crippen LogP contribution in [0.5, 0.6) is 0 Å². The number of rotatable bonds is 4. The molecule has 0 aromatic heterocycles. The van der Waals surface area contributed by atoms with E-state index >= 15 is 0 Å². The Morgan fingerprint density at radius 2 is 1.89 bits per heavy atom. The fourth-order valence-corrected chi connectivity index (χ4v) is 3.02. The van der Waals surface area contributed by atoms with Gasteiger partial charge in [-0.15, -0.1) is 0 Å². The molecular weight excluding hydrogens is 266 g/mol. The minimum atomic E-state index is -4.03. The van der Waals surface area contributed by atoms with Gasteiger partial charge in [0.2, 0.25) is 0 Å². The Bertz CT molecular complexity index is 475. The lowest BCUT2D eigenvalue weighted by molar-refractivity contribution is -0.142. The van der Waals surface area contributed by atoms with E-state index in [-0.39, 0.29) is 0 Å². The van der Waals surface area contributed by atoms with Gasteiger partial charge in [0, 0.05) is 27.1 Å². The highest BCUT2D eigenvalue weighted by molar-refractivity contribution is 7.86. The normalized spacial score (nSPS) is 29.7. The van der Waals surface area contributed by atoms with Crippen molar-refractivity contribution < 1.29 is 28.2 Å². The molecule has 0 aliphatic carbocycles. The summed E-state index contributed by atoms with van der Waals surface area (Å²) in [6.07, 6.45) is -0.468. The molecule has 0 spiro atoms. The standard InChI is InChI=1S/C8H15N3O6S/c1-10(2)18(16,17)11-4-8(9,7(14)15)3-5(11)6(12)13/h5H,3-4,9H2,1-2H3,(H,12,13)(H,14,15)/t5-,8+/m0/s1. The third-order valence-corrected chi connectivity index (χ3v) is 4.71. The van der Waals surface area contributed by atoms with Gasteiger partial charge < -0.3 is 15.9 Å². The molecule has 0 radical (unpaired) electrons. The van der Waals surface area contributed by atoms with Crippen LogP contribution in [-0.2, 0) is 19.8 Å². The Hall–Kier alpha value is -1.23. The second-order valence-electron chi connectivity index (χ2n) is 4.35. The molecule has 1 aliphatic heterocycles. The predicted molar refractivity (Wildman–Crippen MR) is 59.9 cm³/mol. The van der Waals surface area contributed by atoms with E-state index in [0.29, 0.717) is 4.31 Å². The van der Waals surface area contributed by atoms with Crippen LogP contribution in [0.1, 0.15) is 6.42 Å². The van der Waals surface area contributed by atoms with Crippen molar-refractivity contribution in [2.24, 2.45) is 5.73 Å².